The van der Waals surface area contributed by atoms with Gasteiger partial charge in [-0.2, -0.15) is 24.4 Å². The van der Waals surface area contributed by atoms with Crippen LogP contribution in [0.2, 0.25) is 0 Å². The van der Waals surface area contributed by atoms with Crippen LogP contribution in [0.4, 0.5) is 0 Å². The molecular formula is C12H24OS2. The van der Waals surface area contributed by atoms with E-state index in [1.807, 2.05) is 11.8 Å². The van der Waals surface area contributed by atoms with Gasteiger partial charge in [-0.15, -0.1) is 0 Å². The quantitative estimate of drug-likeness (QED) is 0.436. The number of hydrogen-bond donors (Lipinski definition) is 1. The van der Waals surface area contributed by atoms with Crippen LogP contribution in [0.15, 0.2) is 0 Å². The molecule has 0 atom stereocenters. The highest BCUT2D eigenvalue weighted by Crippen LogP contribution is 2.38. The van der Waals surface area contributed by atoms with Crippen molar-refractivity contribution < 1.29 is 4.74 Å². The molecule has 1 rings (SSSR count). The summed E-state index contributed by atoms with van der Waals surface area (Å²) in [5, 5.41) is 0. The molecule has 90 valence electrons. The van der Waals surface area contributed by atoms with Crippen LogP contribution in [0.25, 0.3) is 0 Å². The van der Waals surface area contributed by atoms with Crippen molar-refractivity contribution in [3.05, 3.63) is 0 Å². The summed E-state index contributed by atoms with van der Waals surface area (Å²) in [6.07, 6.45) is 8.44. The summed E-state index contributed by atoms with van der Waals surface area (Å²) >= 11 is 6.62. The summed E-state index contributed by atoms with van der Waals surface area (Å²) in [6.45, 7) is 0.882. The van der Waals surface area contributed by atoms with Gasteiger partial charge >= 0.3 is 0 Å². The third kappa shape index (κ3) is 5.01. The van der Waals surface area contributed by atoms with E-state index in [4.69, 9.17) is 4.74 Å². The predicted molar refractivity (Wildman–Crippen MR) is 73.2 cm³/mol. The summed E-state index contributed by atoms with van der Waals surface area (Å²) in [6, 6.07) is 0. The first kappa shape index (κ1) is 13.7. The van der Waals surface area contributed by atoms with Gasteiger partial charge in [0.05, 0.1) is 6.61 Å². The first-order valence-corrected chi connectivity index (χ1v) is 7.79. The molecule has 0 radical (unpaired) electrons. The zero-order valence-electron chi connectivity index (χ0n) is 9.83. The fourth-order valence-electron chi connectivity index (χ4n) is 2.26. The summed E-state index contributed by atoms with van der Waals surface area (Å²) in [5.74, 6) is 3.47. The Morgan fingerprint density at radius 1 is 1.20 bits per heavy atom. The van der Waals surface area contributed by atoms with Crippen molar-refractivity contribution in [2.24, 2.45) is 5.41 Å². The van der Waals surface area contributed by atoms with Crippen molar-refractivity contribution in [3.8, 4) is 0 Å². The second kappa shape index (κ2) is 7.86. The molecule has 0 aromatic heterocycles. The van der Waals surface area contributed by atoms with Crippen LogP contribution in [-0.4, -0.2) is 31.0 Å². The third-order valence-electron chi connectivity index (χ3n) is 3.34. The molecule has 0 heterocycles. The van der Waals surface area contributed by atoms with E-state index in [1.54, 1.807) is 7.11 Å². The van der Waals surface area contributed by atoms with Crippen molar-refractivity contribution in [1.29, 1.82) is 0 Å². The molecule has 3 heteroatoms. The van der Waals surface area contributed by atoms with Crippen LogP contribution in [0.5, 0.6) is 0 Å². The van der Waals surface area contributed by atoms with Gasteiger partial charge in [0, 0.05) is 12.9 Å². The minimum Gasteiger partial charge on any atom is -0.384 e. The number of rotatable bonds is 6. The van der Waals surface area contributed by atoms with Gasteiger partial charge in [-0.05, 0) is 29.8 Å². The van der Waals surface area contributed by atoms with Crippen LogP contribution in [0.3, 0.4) is 0 Å². The Balaban J connectivity index is 2.29. The molecule has 0 aromatic rings. The molecule has 1 nitrogen and oxygen atoms in total. The smallest absolute Gasteiger partial charge is 0.0552 e. The van der Waals surface area contributed by atoms with Gasteiger partial charge in [0.15, 0.2) is 0 Å². The average Bonchev–Trinajstić information content (AvgIpc) is 2.51. The van der Waals surface area contributed by atoms with E-state index in [9.17, 15) is 0 Å². The molecule has 15 heavy (non-hydrogen) atoms. The lowest BCUT2D eigenvalue weighted by Crippen LogP contribution is -2.25. The van der Waals surface area contributed by atoms with Crippen molar-refractivity contribution in [2.45, 2.75) is 38.5 Å². The average molecular weight is 248 g/mol. The highest BCUT2D eigenvalue weighted by Gasteiger charge is 2.29. The molecule has 1 aliphatic carbocycles. The van der Waals surface area contributed by atoms with Crippen LogP contribution < -0.4 is 0 Å². The zero-order valence-corrected chi connectivity index (χ0v) is 11.5. The molecule has 0 N–H and O–H groups in total. The van der Waals surface area contributed by atoms with Gasteiger partial charge in [0.2, 0.25) is 0 Å². The number of thiol groups is 1. The normalized spacial score (nSPS) is 21.2. The molecule has 0 aromatic carbocycles. The highest BCUT2D eigenvalue weighted by atomic mass is 32.2. The van der Waals surface area contributed by atoms with E-state index in [1.165, 1.54) is 44.3 Å². The lowest BCUT2D eigenvalue weighted by Gasteiger charge is -2.30. The summed E-state index contributed by atoms with van der Waals surface area (Å²) in [7, 11) is 1.78. The molecule has 0 spiro atoms. The Morgan fingerprint density at radius 3 is 2.40 bits per heavy atom. The molecule has 0 saturated heterocycles. The van der Waals surface area contributed by atoms with E-state index >= 15 is 0 Å². The van der Waals surface area contributed by atoms with E-state index in [-0.39, 0.29) is 0 Å². The number of hydrogen-bond acceptors (Lipinski definition) is 3. The largest absolute Gasteiger partial charge is 0.384 e. The Hall–Kier alpha value is 0.660. The SMILES string of the molecule is COCCSCC1(CS)CCCCCC1. The topological polar surface area (TPSA) is 9.23 Å². The van der Waals surface area contributed by atoms with Gasteiger partial charge in [-0.1, -0.05) is 25.7 Å². The molecule has 0 unspecified atom stereocenters. The first-order chi connectivity index (χ1) is 7.33. The predicted octanol–water partition coefficient (Wildman–Crippen LogP) is 3.64. The summed E-state index contributed by atoms with van der Waals surface area (Å²) < 4.78 is 5.08. The van der Waals surface area contributed by atoms with Crippen molar-refractivity contribution in [1.82, 2.24) is 0 Å². The van der Waals surface area contributed by atoms with Gasteiger partial charge in [0.25, 0.3) is 0 Å². The molecule has 0 aliphatic heterocycles. The van der Waals surface area contributed by atoms with E-state index < -0.39 is 0 Å². The molecule has 0 bridgehead atoms. The van der Waals surface area contributed by atoms with Crippen molar-refractivity contribution in [3.63, 3.8) is 0 Å². The maximum atomic E-state index is 5.08. The lowest BCUT2D eigenvalue weighted by atomic mass is 9.84. The highest BCUT2D eigenvalue weighted by molar-refractivity contribution is 7.99. The third-order valence-corrected chi connectivity index (χ3v) is 5.28. The maximum Gasteiger partial charge on any atom is 0.0552 e. The molecule has 1 aliphatic rings. The second-order valence-corrected chi connectivity index (χ2v) is 6.04. The van der Waals surface area contributed by atoms with Gasteiger partial charge < -0.3 is 4.74 Å². The molecule has 0 amide bonds. The Morgan fingerprint density at radius 2 is 1.87 bits per heavy atom. The monoisotopic (exact) mass is 248 g/mol. The van der Waals surface area contributed by atoms with Gasteiger partial charge in [-0.3, -0.25) is 0 Å². The number of methoxy groups -OCH3 is 1. The van der Waals surface area contributed by atoms with Crippen molar-refractivity contribution in [2.75, 3.05) is 31.0 Å². The Kier molecular flexibility index (Phi) is 7.19. The van der Waals surface area contributed by atoms with Crippen LogP contribution in [0.1, 0.15) is 38.5 Å². The van der Waals surface area contributed by atoms with Crippen LogP contribution >= 0.6 is 24.4 Å². The van der Waals surface area contributed by atoms with E-state index in [0.29, 0.717) is 5.41 Å². The number of ether oxygens (including phenoxy) is 1. The molecule has 1 fully saturated rings. The van der Waals surface area contributed by atoms with E-state index in [0.717, 1.165) is 18.1 Å². The van der Waals surface area contributed by atoms with Crippen LogP contribution in [-0.2, 0) is 4.74 Å². The summed E-state index contributed by atoms with van der Waals surface area (Å²) in [4.78, 5) is 0. The molecule has 1 saturated carbocycles. The summed E-state index contributed by atoms with van der Waals surface area (Å²) in [5.41, 5.74) is 0.526. The maximum absolute atomic E-state index is 5.08. The Labute approximate surface area is 104 Å². The minimum atomic E-state index is 0.526. The zero-order chi connectivity index (χ0) is 11.0. The van der Waals surface area contributed by atoms with Crippen LogP contribution in [0, 0.1) is 5.41 Å². The first-order valence-electron chi connectivity index (χ1n) is 6.00. The van der Waals surface area contributed by atoms with E-state index in [2.05, 4.69) is 12.6 Å². The lowest BCUT2D eigenvalue weighted by molar-refractivity contribution is 0.218. The van der Waals surface area contributed by atoms with Crippen molar-refractivity contribution >= 4 is 24.4 Å². The minimum absolute atomic E-state index is 0.526. The second-order valence-electron chi connectivity index (χ2n) is 4.62. The fraction of sp³-hybridized carbons (Fsp3) is 1.00. The Bertz CT molecular complexity index is 154. The fourth-order valence-corrected chi connectivity index (χ4v) is 4.09. The molecular weight excluding hydrogens is 224 g/mol. The van der Waals surface area contributed by atoms with Gasteiger partial charge in [0.1, 0.15) is 0 Å². The van der Waals surface area contributed by atoms with Gasteiger partial charge in [-0.25, -0.2) is 0 Å². The number of thioether (sulfide) groups is 1. The standard InChI is InChI=1S/C12H24OS2/c1-13-8-9-15-11-12(10-14)6-4-2-3-5-7-12/h14H,2-11H2,1H3.